The summed E-state index contributed by atoms with van der Waals surface area (Å²) in [6.07, 6.45) is 0.696. The smallest absolute Gasteiger partial charge is 0.0621 e. The van der Waals surface area contributed by atoms with Gasteiger partial charge in [-0.05, 0) is 18.1 Å². The van der Waals surface area contributed by atoms with Crippen molar-refractivity contribution in [1.29, 1.82) is 0 Å². The van der Waals surface area contributed by atoms with Crippen molar-refractivity contribution in [2.45, 2.75) is 39.0 Å². The highest BCUT2D eigenvalue weighted by Crippen LogP contribution is 2.40. The zero-order valence-electron chi connectivity index (χ0n) is 9.70. The van der Waals surface area contributed by atoms with Crippen molar-refractivity contribution in [3.05, 3.63) is 34.3 Å². The fourth-order valence-electron chi connectivity index (χ4n) is 2.12. The van der Waals surface area contributed by atoms with Gasteiger partial charge in [-0.2, -0.15) is 0 Å². The monoisotopic (exact) mass is 283 g/mol. The third-order valence-electron chi connectivity index (χ3n) is 3.71. The molecule has 0 saturated heterocycles. The summed E-state index contributed by atoms with van der Waals surface area (Å²) in [7, 11) is 0. The minimum atomic E-state index is -0.163. The van der Waals surface area contributed by atoms with Crippen molar-refractivity contribution in [2.24, 2.45) is 5.41 Å². The lowest BCUT2D eigenvalue weighted by atomic mass is 9.64. The van der Waals surface area contributed by atoms with E-state index >= 15 is 0 Å². The van der Waals surface area contributed by atoms with Gasteiger partial charge < -0.3 is 10.4 Å². The van der Waals surface area contributed by atoms with E-state index in [9.17, 15) is 5.11 Å². The molecule has 1 aliphatic carbocycles. The maximum Gasteiger partial charge on any atom is 0.0621 e. The Balaban J connectivity index is 1.92. The molecule has 1 fully saturated rings. The first-order valence-electron chi connectivity index (χ1n) is 5.66. The second kappa shape index (κ2) is 4.47. The average molecular weight is 284 g/mol. The second-order valence-electron chi connectivity index (χ2n) is 5.10. The van der Waals surface area contributed by atoms with Crippen LogP contribution in [0.15, 0.2) is 28.7 Å². The van der Waals surface area contributed by atoms with Gasteiger partial charge in [0.05, 0.1) is 6.10 Å². The number of aliphatic hydroxyl groups is 1. The Hall–Kier alpha value is -0.380. The summed E-state index contributed by atoms with van der Waals surface area (Å²) in [5, 5.41) is 13.2. The number of hydrogen-bond donors (Lipinski definition) is 2. The largest absolute Gasteiger partial charge is 0.392 e. The quantitative estimate of drug-likeness (QED) is 0.894. The molecule has 16 heavy (non-hydrogen) atoms. The second-order valence-corrected chi connectivity index (χ2v) is 5.95. The first-order chi connectivity index (χ1) is 7.51. The van der Waals surface area contributed by atoms with E-state index in [0.717, 1.165) is 17.4 Å². The molecular formula is C13H18BrNO. The van der Waals surface area contributed by atoms with Crippen LogP contribution in [0.2, 0.25) is 0 Å². The molecule has 1 aliphatic rings. The Morgan fingerprint density at radius 3 is 2.69 bits per heavy atom. The molecular weight excluding hydrogens is 266 g/mol. The number of rotatable bonds is 3. The molecule has 0 heterocycles. The van der Waals surface area contributed by atoms with Crippen molar-refractivity contribution in [3.63, 3.8) is 0 Å². The van der Waals surface area contributed by atoms with Crippen LogP contribution in [0, 0.1) is 5.41 Å². The third-order valence-corrected chi connectivity index (χ3v) is 4.49. The van der Waals surface area contributed by atoms with Crippen LogP contribution in [0.4, 0.5) is 0 Å². The molecule has 0 aliphatic heterocycles. The molecule has 0 radical (unpaired) electrons. The maximum atomic E-state index is 9.65. The molecule has 2 rings (SSSR count). The van der Waals surface area contributed by atoms with E-state index in [0.29, 0.717) is 6.04 Å². The molecule has 88 valence electrons. The van der Waals surface area contributed by atoms with Gasteiger partial charge in [-0.25, -0.2) is 0 Å². The van der Waals surface area contributed by atoms with Gasteiger partial charge in [0, 0.05) is 22.5 Å². The van der Waals surface area contributed by atoms with E-state index in [-0.39, 0.29) is 11.5 Å². The highest BCUT2D eigenvalue weighted by molar-refractivity contribution is 9.10. The highest BCUT2D eigenvalue weighted by Gasteiger charge is 2.46. The fourth-order valence-corrected chi connectivity index (χ4v) is 2.55. The lowest BCUT2D eigenvalue weighted by molar-refractivity contribution is -0.0730. The van der Waals surface area contributed by atoms with Gasteiger partial charge in [-0.1, -0.05) is 48.0 Å². The lowest BCUT2D eigenvalue weighted by Crippen LogP contribution is -2.59. The topological polar surface area (TPSA) is 32.3 Å². The van der Waals surface area contributed by atoms with Crippen molar-refractivity contribution in [3.8, 4) is 0 Å². The minimum Gasteiger partial charge on any atom is -0.392 e. The summed E-state index contributed by atoms with van der Waals surface area (Å²) < 4.78 is 1.14. The van der Waals surface area contributed by atoms with Gasteiger partial charge in [0.15, 0.2) is 0 Å². The van der Waals surface area contributed by atoms with Crippen LogP contribution in [-0.4, -0.2) is 17.3 Å². The van der Waals surface area contributed by atoms with Crippen LogP contribution >= 0.6 is 15.9 Å². The number of benzene rings is 1. The molecule has 0 spiro atoms. The highest BCUT2D eigenvalue weighted by atomic mass is 79.9. The first kappa shape index (κ1) is 12.1. The Kier molecular flexibility index (Phi) is 3.38. The van der Waals surface area contributed by atoms with Crippen LogP contribution < -0.4 is 5.32 Å². The molecule has 0 aromatic heterocycles. The predicted octanol–water partition coefficient (Wildman–Crippen LogP) is 2.70. The van der Waals surface area contributed by atoms with Crippen LogP contribution in [0.1, 0.15) is 25.8 Å². The van der Waals surface area contributed by atoms with Crippen molar-refractivity contribution in [1.82, 2.24) is 5.32 Å². The van der Waals surface area contributed by atoms with E-state index < -0.39 is 0 Å². The van der Waals surface area contributed by atoms with Crippen molar-refractivity contribution < 1.29 is 5.11 Å². The summed E-state index contributed by atoms with van der Waals surface area (Å²) in [5.41, 5.74) is 1.26. The fraction of sp³-hybridized carbons (Fsp3) is 0.538. The first-order valence-corrected chi connectivity index (χ1v) is 6.46. The SMILES string of the molecule is CC1(C)C(O)CC1NCc1ccccc1Br. The Bertz CT molecular complexity index is 378. The number of nitrogens with one attached hydrogen (secondary N) is 1. The van der Waals surface area contributed by atoms with Crippen LogP contribution in [-0.2, 0) is 6.54 Å². The number of halogens is 1. The Morgan fingerprint density at radius 2 is 2.12 bits per heavy atom. The summed E-state index contributed by atoms with van der Waals surface area (Å²) >= 11 is 3.54. The Morgan fingerprint density at radius 1 is 1.44 bits per heavy atom. The normalized spacial score (nSPS) is 27.5. The van der Waals surface area contributed by atoms with Crippen molar-refractivity contribution in [2.75, 3.05) is 0 Å². The standard InChI is InChI=1S/C13H18BrNO/c1-13(2)11(7-12(13)16)15-8-9-5-3-4-6-10(9)14/h3-6,11-12,15-16H,7-8H2,1-2H3. The molecule has 1 saturated carbocycles. The van der Waals surface area contributed by atoms with Crippen molar-refractivity contribution >= 4 is 15.9 Å². The van der Waals surface area contributed by atoms with Gasteiger partial charge in [0.1, 0.15) is 0 Å². The number of aliphatic hydroxyl groups excluding tert-OH is 1. The molecule has 2 nitrogen and oxygen atoms in total. The average Bonchev–Trinajstić information content (AvgIpc) is 2.26. The molecule has 0 bridgehead atoms. The van der Waals surface area contributed by atoms with E-state index in [1.54, 1.807) is 0 Å². The molecule has 2 N–H and O–H groups in total. The van der Waals surface area contributed by atoms with E-state index in [1.165, 1.54) is 5.56 Å². The van der Waals surface area contributed by atoms with Gasteiger partial charge in [-0.3, -0.25) is 0 Å². The Labute approximate surface area is 105 Å². The van der Waals surface area contributed by atoms with E-state index in [2.05, 4.69) is 47.2 Å². The summed E-state index contributed by atoms with van der Waals surface area (Å²) in [6.45, 7) is 5.07. The van der Waals surface area contributed by atoms with E-state index in [4.69, 9.17) is 0 Å². The van der Waals surface area contributed by atoms with Gasteiger partial charge in [-0.15, -0.1) is 0 Å². The molecule has 3 heteroatoms. The maximum absolute atomic E-state index is 9.65. The van der Waals surface area contributed by atoms with Crippen LogP contribution in [0.3, 0.4) is 0 Å². The lowest BCUT2D eigenvalue weighted by Gasteiger charge is -2.49. The number of hydrogen-bond acceptors (Lipinski definition) is 2. The molecule has 1 aromatic rings. The van der Waals surface area contributed by atoms with Crippen LogP contribution in [0.25, 0.3) is 0 Å². The molecule has 0 amide bonds. The van der Waals surface area contributed by atoms with E-state index in [1.807, 2.05) is 12.1 Å². The zero-order valence-corrected chi connectivity index (χ0v) is 11.3. The molecule has 1 aromatic carbocycles. The zero-order chi connectivity index (χ0) is 11.8. The van der Waals surface area contributed by atoms with Gasteiger partial charge >= 0.3 is 0 Å². The van der Waals surface area contributed by atoms with Crippen LogP contribution in [0.5, 0.6) is 0 Å². The predicted molar refractivity (Wildman–Crippen MR) is 69.2 cm³/mol. The minimum absolute atomic E-state index is 0.00125. The summed E-state index contributed by atoms with van der Waals surface area (Å²) in [4.78, 5) is 0. The van der Waals surface area contributed by atoms with Gasteiger partial charge in [0.25, 0.3) is 0 Å². The third kappa shape index (κ3) is 2.17. The molecule has 2 atom stereocenters. The summed E-state index contributed by atoms with van der Waals surface area (Å²) in [6, 6.07) is 8.64. The summed E-state index contributed by atoms with van der Waals surface area (Å²) in [5.74, 6) is 0. The molecule has 2 unspecified atom stereocenters. The van der Waals surface area contributed by atoms with Gasteiger partial charge in [0.2, 0.25) is 0 Å².